The van der Waals surface area contributed by atoms with Crippen LogP contribution in [0.4, 0.5) is 11.4 Å². The third-order valence-electron chi connectivity index (χ3n) is 3.70. The normalized spacial score (nSPS) is 18.7. The van der Waals surface area contributed by atoms with Crippen LogP contribution in [-0.4, -0.2) is 26.6 Å². The van der Waals surface area contributed by atoms with E-state index in [9.17, 15) is 10.1 Å². The number of nitro benzene ring substituents is 1. The van der Waals surface area contributed by atoms with Crippen LogP contribution in [0.1, 0.15) is 31.1 Å². The van der Waals surface area contributed by atoms with E-state index in [0.29, 0.717) is 10.7 Å². The fourth-order valence-electron chi connectivity index (χ4n) is 2.77. The number of hydrogen-bond donors (Lipinski definition) is 1. The molecule has 1 aromatic carbocycles. The lowest BCUT2D eigenvalue weighted by molar-refractivity contribution is -0.384. The van der Waals surface area contributed by atoms with Gasteiger partial charge < -0.3 is 4.90 Å². The Kier molecular flexibility index (Phi) is 3.74. The summed E-state index contributed by atoms with van der Waals surface area (Å²) in [5.41, 5.74) is 0.597. The van der Waals surface area contributed by atoms with Crippen molar-refractivity contribution < 1.29 is 4.92 Å². The van der Waals surface area contributed by atoms with Crippen molar-refractivity contribution in [3.8, 4) is 0 Å². The first kappa shape index (κ1) is 13.8. The van der Waals surface area contributed by atoms with Gasteiger partial charge in [0, 0.05) is 17.6 Å². The van der Waals surface area contributed by atoms with Crippen molar-refractivity contribution in [1.82, 2.24) is 15.2 Å². The highest BCUT2D eigenvalue weighted by molar-refractivity contribution is 6.30. The number of nitrogens with zero attached hydrogens (tertiary/aromatic N) is 4. The third kappa shape index (κ3) is 2.69. The minimum atomic E-state index is -0.396. The number of benzene rings is 1. The van der Waals surface area contributed by atoms with Crippen molar-refractivity contribution in [2.45, 2.75) is 25.3 Å². The maximum Gasteiger partial charge on any atom is 0.294 e. The summed E-state index contributed by atoms with van der Waals surface area (Å²) in [6.07, 6.45) is 4.39. The van der Waals surface area contributed by atoms with Gasteiger partial charge in [-0.25, -0.2) is 4.98 Å². The second kappa shape index (κ2) is 5.69. The SMILES string of the molecule is O=[N+]([O-])c1cc(Cl)ccc1N1CCCC[C@@H]1c1ncn[nH]1. The molecule has 1 fully saturated rings. The number of nitrogens with one attached hydrogen (secondary N) is 1. The van der Waals surface area contributed by atoms with Crippen molar-refractivity contribution in [3.63, 3.8) is 0 Å². The predicted octanol–water partition coefficient (Wildman–Crippen LogP) is 3.10. The first-order valence-electron chi connectivity index (χ1n) is 6.72. The van der Waals surface area contributed by atoms with Crippen LogP contribution >= 0.6 is 11.6 Å². The molecule has 2 aromatic rings. The van der Waals surface area contributed by atoms with Gasteiger partial charge in [0.05, 0.1) is 11.0 Å². The number of halogens is 1. The van der Waals surface area contributed by atoms with E-state index in [1.165, 1.54) is 12.4 Å². The van der Waals surface area contributed by atoms with E-state index in [1.54, 1.807) is 12.1 Å². The van der Waals surface area contributed by atoms with Crippen LogP contribution in [-0.2, 0) is 0 Å². The lowest BCUT2D eigenvalue weighted by atomic mass is 10.00. The molecule has 1 aliphatic rings. The predicted molar refractivity (Wildman–Crippen MR) is 78.4 cm³/mol. The molecule has 1 N–H and O–H groups in total. The van der Waals surface area contributed by atoms with Crippen molar-refractivity contribution in [3.05, 3.63) is 45.5 Å². The van der Waals surface area contributed by atoms with E-state index >= 15 is 0 Å². The number of piperidine rings is 1. The lowest BCUT2D eigenvalue weighted by Gasteiger charge is -2.35. The summed E-state index contributed by atoms with van der Waals surface area (Å²) in [5, 5.41) is 18.4. The van der Waals surface area contributed by atoms with Crippen LogP contribution in [0, 0.1) is 10.1 Å². The summed E-state index contributed by atoms with van der Waals surface area (Å²) < 4.78 is 0. The minimum absolute atomic E-state index is 0.0221. The Hall–Kier alpha value is -2.15. The van der Waals surface area contributed by atoms with Gasteiger partial charge in [0.15, 0.2) is 0 Å². The average molecular weight is 308 g/mol. The van der Waals surface area contributed by atoms with Crippen LogP contribution in [0.3, 0.4) is 0 Å². The molecule has 1 aliphatic heterocycles. The molecule has 0 bridgehead atoms. The van der Waals surface area contributed by atoms with Gasteiger partial charge in [-0.15, -0.1) is 0 Å². The number of H-pyrrole nitrogens is 1. The number of aromatic nitrogens is 3. The topological polar surface area (TPSA) is 87.9 Å². The van der Waals surface area contributed by atoms with Gasteiger partial charge in [-0.3, -0.25) is 15.2 Å². The molecule has 8 heteroatoms. The zero-order valence-corrected chi connectivity index (χ0v) is 12.0. The molecule has 1 saturated heterocycles. The Morgan fingerprint density at radius 3 is 3.00 bits per heavy atom. The molecular formula is C13H14ClN5O2. The molecule has 0 spiro atoms. The molecule has 2 heterocycles. The van der Waals surface area contributed by atoms with Gasteiger partial charge >= 0.3 is 0 Å². The summed E-state index contributed by atoms with van der Waals surface area (Å²) in [6, 6.07) is 4.75. The summed E-state index contributed by atoms with van der Waals surface area (Å²) in [7, 11) is 0. The van der Waals surface area contributed by atoms with E-state index in [1.807, 2.05) is 4.90 Å². The first-order valence-corrected chi connectivity index (χ1v) is 7.10. The third-order valence-corrected chi connectivity index (χ3v) is 3.93. The van der Waals surface area contributed by atoms with Gasteiger partial charge in [-0.1, -0.05) is 11.6 Å². The van der Waals surface area contributed by atoms with Gasteiger partial charge in [0.1, 0.15) is 17.8 Å². The number of rotatable bonds is 3. The van der Waals surface area contributed by atoms with E-state index in [4.69, 9.17) is 11.6 Å². The van der Waals surface area contributed by atoms with Crippen molar-refractivity contribution >= 4 is 23.0 Å². The van der Waals surface area contributed by atoms with Gasteiger partial charge in [0.25, 0.3) is 5.69 Å². The molecule has 0 aliphatic carbocycles. The number of aromatic amines is 1. The van der Waals surface area contributed by atoms with Crippen LogP contribution in [0.5, 0.6) is 0 Å². The van der Waals surface area contributed by atoms with Crippen LogP contribution in [0.2, 0.25) is 5.02 Å². The molecule has 110 valence electrons. The zero-order chi connectivity index (χ0) is 14.8. The summed E-state index contributed by atoms with van der Waals surface area (Å²) in [5.74, 6) is 0.735. The first-order chi connectivity index (χ1) is 10.2. The molecule has 1 atom stereocenters. The molecule has 0 amide bonds. The molecular weight excluding hydrogens is 294 g/mol. The molecule has 1 aromatic heterocycles. The molecule has 3 rings (SSSR count). The van der Waals surface area contributed by atoms with Gasteiger partial charge in [0.2, 0.25) is 0 Å². The number of anilines is 1. The van der Waals surface area contributed by atoms with E-state index < -0.39 is 4.92 Å². The van der Waals surface area contributed by atoms with Gasteiger partial charge in [-0.05, 0) is 31.4 Å². The summed E-state index contributed by atoms with van der Waals surface area (Å²) in [4.78, 5) is 17.1. The summed E-state index contributed by atoms with van der Waals surface area (Å²) in [6.45, 7) is 0.744. The minimum Gasteiger partial charge on any atom is -0.356 e. The highest BCUT2D eigenvalue weighted by atomic mass is 35.5. The summed E-state index contributed by atoms with van der Waals surface area (Å²) >= 11 is 5.88. The van der Waals surface area contributed by atoms with Crippen LogP contribution in [0.25, 0.3) is 0 Å². The molecule has 21 heavy (non-hydrogen) atoms. The standard InChI is InChI=1S/C13H14ClN5O2/c14-9-4-5-10(12(7-9)19(20)21)18-6-2-1-3-11(18)13-15-8-16-17-13/h4-5,7-8,11H,1-3,6H2,(H,15,16,17)/t11-/m1/s1. The van der Waals surface area contributed by atoms with Gasteiger partial charge in [-0.2, -0.15) is 5.10 Å². The van der Waals surface area contributed by atoms with E-state index in [2.05, 4.69) is 15.2 Å². The second-order valence-electron chi connectivity index (χ2n) is 4.97. The van der Waals surface area contributed by atoms with Crippen LogP contribution in [0.15, 0.2) is 24.5 Å². The lowest BCUT2D eigenvalue weighted by Crippen LogP contribution is -2.34. The molecule has 7 nitrogen and oxygen atoms in total. The highest BCUT2D eigenvalue weighted by Crippen LogP contribution is 2.39. The largest absolute Gasteiger partial charge is 0.356 e. The zero-order valence-electron chi connectivity index (χ0n) is 11.2. The van der Waals surface area contributed by atoms with Crippen LogP contribution < -0.4 is 4.90 Å². The van der Waals surface area contributed by atoms with E-state index in [-0.39, 0.29) is 11.7 Å². The monoisotopic (exact) mass is 307 g/mol. The number of hydrogen-bond acceptors (Lipinski definition) is 5. The molecule has 0 saturated carbocycles. The Balaban J connectivity index is 2.03. The maximum atomic E-state index is 11.3. The highest BCUT2D eigenvalue weighted by Gasteiger charge is 2.30. The fourth-order valence-corrected chi connectivity index (χ4v) is 2.93. The van der Waals surface area contributed by atoms with Crippen molar-refractivity contribution in [2.75, 3.05) is 11.4 Å². The number of nitro groups is 1. The molecule has 0 unspecified atom stereocenters. The smallest absolute Gasteiger partial charge is 0.294 e. The van der Waals surface area contributed by atoms with Crippen molar-refractivity contribution in [2.24, 2.45) is 0 Å². The Bertz CT molecular complexity index is 646. The fraction of sp³-hybridized carbons (Fsp3) is 0.385. The second-order valence-corrected chi connectivity index (χ2v) is 5.40. The Labute approximate surface area is 126 Å². The maximum absolute atomic E-state index is 11.3. The van der Waals surface area contributed by atoms with Crippen molar-refractivity contribution in [1.29, 1.82) is 0 Å². The Morgan fingerprint density at radius 2 is 2.29 bits per heavy atom. The van der Waals surface area contributed by atoms with E-state index in [0.717, 1.165) is 31.6 Å². The Morgan fingerprint density at radius 1 is 1.43 bits per heavy atom. The quantitative estimate of drug-likeness (QED) is 0.695. The molecule has 0 radical (unpaired) electrons. The average Bonchev–Trinajstić information content (AvgIpc) is 3.01.